The number of carbonyl (C=O) groups excluding carboxylic acids is 2. The van der Waals surface area contributed by atoms with Crippen molar-refractivity contribution in [3.63, 3.8) is 0 Å². The summed E-state index contributed by atoms with van der Waals surface area (Å²) in [5.74, 6) is -1.38. The van der Waals surface area contributed by atoms with Gasteiger partial charge in [0.25, 0.3) is 5.91 Å². The number of rotatable bonds is 5. The summed E-state index contributed by atoms with van der Waals surface area (Å²) in [5.41, 5.74) is -0.463. The van der Waals surface area contributed by atoms with E-state index >= 15 is 0 Å². The molecule has 0 radical (unpaired) electrons. The largest absolute Gasteiger partial charge is 0.464 e. The zero-order valence-electron chi connectivity index (χ0n) is 18.0. The van der Waals surface area contributed by atoms with Crippen molar-refractivity contribution in [2.75, 3.05) is 10.6 Å². The third-order valence-electron chi connectivity index (χ3n) is 5.49. The van der Waals surface area contributed by atoms with Crippen molar-refractivity contribution in [1.29, 1.82) is 0 Å². The first-order chi connectivity index (χ1) is 16.8. The minimum atomic E-state index is -4.77. The Morgan fingerprint density at radius 3 is 2.49 bits per heavy atom. The smallest absolute Gasteiger partial charge is 0.418 e. The number of benzene rings is 3. The zero-order valence-corrected chi connectivity index (χ0v) is 18.0. The number of amides is 2. The summed E-state index contributed by atoms with van der Waals surface area (Å²) >= 11 is 0. The highest BCUT2D eigenvalue weighted by molar-refractivity contribution is 6.09. The van der Waals surface area contributed by atoms with Gasteiger partial charge in [-0.25, -0.2) is 0 Å². The zero-order chi connectivity index (χ0) is 24.6. The van der Waals surface area contributed by atoms with Crippen LogP contribution in [0.3, 0.4) is 0 Å². The van der Waals surface area contributed by atoms with Crippen molar-refractivity contribution in [2.45, 2.75) is 12.6 Å². The molecule has 0 saturated heterocycles. The predicted molar refractivity (Wildman–Crippen MR) is 124 cm³/mol. The van der Waals surface area contributed by atoms with E-state index in [4.69, 9.17) is 8.83 Å². The number of hydrogen-bond acceptors (Lipinski definition) is 4. The maximum Gasteiger partial charge on any atom is 0.418 e. The van der Waals surface area contributed by atoms with Gasteiger partial charge >= 0.3 is 6.18 Å². The highest BCUT2D eigenvalue weighted by atomic mass is 19.4. The van der Waals surface area contributed by atoms with Crippen LogP contribution in [0.15, 0.2) is 88.1 Å². The van der Waals surface area contributed by atoms with Crippen LogP contribution in [-0.2, 0) is 17.4 Å². The maximum absolute atomic E-state index is 13.8. The van der Waals surface area contributed by atoms with Crippen LogP contribution in [0.1, 0.15) is 21.7 Å². The average molecular weight is 478 g/mol. The molecule has 6 nitrogen and oxygen atoms in total. The van der Waals surface area contributed by atoms with Gasteiger partial charge in [0.2, 0.25) is 5.91 Å². The fraction of sp³-hybridized carbons (Fsp3) is 0.0769. The molecule has 0 spiro atoms. The van der Waals surface area contributed by atoms with E-state index in [1.54, 1.807) is 6.07 Å². The monoisotopic (exact) mass is 478 g/mol. The van der Waals surface area contributed by atoms with Gasteiger partial charge in [0, 0.05) is 16.6 Å². The van der Waals surface area contributed by atoms with Crippen molar-refractivity contribution in [2.24, 2.45) is 0 Å². The molecule has 35 heavy (non-hydrogen) atoms. The average Bonchev–Trinajstić information content (AvgIpc) is 3.50. The Labute approximate surface area is 196 Å². The lowest BCUT2D eigenvalue weighted by Crippen LogP contribution is -2.19. The number of alkyl halides is 3. The van der Waals surface area contributed by atoms with Crippen molar-refractivity contribution in [1.82, 2.24) is 0 Å². The number of carbonyl (C=O) groups is 2. The Morgan fingerprint density at radius 2 is 1.71 bits per heavy atom. The molecule has 5 aromatic rings. The number of furan rings is 2. The van der Waals surface area contributed by atoms with E-state index in [2.05, 4.69) is 10.6 Å². The SMILES string of the molecule is O=C(Cc1coc2ccc3ccccc3c12)Nc1ccc(NC(=O)c2ccco2)cc1C(F)(F)F. The van der Waals surface area contributed by atoms with Gasteiger partial charge in [-0.2, -0.15) is 13.2 Å². The number of fused-ring (bicyclic) bond motifs is 3. The summed E-state index contributed by atoms with van der Waals surface area (Å²) in [6.45, 7) is 0. The van der Waals surface area contributed by atoms with Crippen molar-refractivity contribution >= 4 is 44.9 Å². The molecule has 2 aromatic heterocycles. The van der Waals surface area contributed by atoms with E-state index in [1.807, 2.05) is 30.3 Å². The first-order valence-electron chi connectivity index (χ1n) is 10.5. The lowest BCUT2D eigenvalue weighted by atomic mass is 10.0. The van der Waals surface area contributed by atoms with E-state index in [1.165, 1.54) is 30.7 Å². The fourth-order valence-electron chi connectivity index (χ4n) is 3.94. The topological polar surface area (TPSA) is 84.5 Å². The molecule has 0 aliphatic carbocycles. The Morgan fingerprint density at radius 1 is 0.886 bits per heavy atom. The highest BCUT2D eigenvalue weighted by Crippen LogP contribution is 2.37. The normalized spacial score (nSPS) is 11.6. The van der Waals surface area contributed by atoms with Crippen LogP contribution in [0.25, 0.3) is 21.7 Å². The van der Waals surface area contributed by atoms with Gasteiger partial charge < -0.3 is 19.5 Å². The lowest BCUT2D eigenvalue weighted by Gasteiger charge is -2.15. The minimum Gasteiger partial charge on any atom is -0.464 e. The van der Waals surface area contributed by atoms with Crippen molar-refractivity contribution in [3.8, 4) is 0 Å². The van der Waals surface area contributed by atoms with Crippen LogP contribution < -0.4 is 10.6 Å². The van der Waals surface area contributed by atoms with Gasteiger partial charge in [0.1, 0.15) is 5.58 Å². The third kappa shape index (κ3) is 4.48. The van der Waals surface area contributed by atoms with E-state index in [0.29, 0.717) is 11.1 Å². The first kappa shape index (κ1) is 22.3. The molecule has 0 aliphatic heterocycles. The Bertz CT molecular complexity index is 1550. The molecule has 5 rings (SSSR count). The number of halogens is 3. The third-order valence-corrected chi connectivity index (χ3v) is 5.49. The van der Waals surface area contributed by atoms with Crippen LogP contribution in [0.2, 0.25) is 0 Å². The van der Waals surface area contributed by atoms with E-state index < -0.39 is 29.2 Å². The molecule has 176 valence electrons. The second-order valence-corrected chi connectivity index (χ2v) is 7.84. The fourth-order valence-corrected chi connectivity index (χ4v) is 3.94. The molecule has 0 aliphatic rings. The van der Waals surface area contributed by atoms with Gasteiger partial charge in [-0.1, -0.05) is 30.3 Å². The molecular weight excluding hydrogens is 461 g/mol. The second-order valence-electron chi connectivity index (χ2n) is 7.84. The Balaban J connectivity index is 1.40. The van der Waals surface area contributed by atoms with Crippen LogP contribution in [0, 0.1) is 0 Å². The number of anilines is 2. The Hall–Kier alpha value is -4.53. The summed E-state index contributed by atoms with van der Waals surface area (Å²) < 4.78 is 51.8. The van der Waals surface area contributed by atoms with E-state index in [0.717, 1.165) is 28.3 Å². The molecule has 0 atom stereocenters. The molecular formula is C26H17F3N2O4. The molecule has 0 fully saturated rings. The minimum absolute atomic E-state index is 0.0456. The molecule has 2 heterocycles. The van der Waals surface area contributed by atoms with Gasteiger partial charge in [-0.05, 0) is 47.2 Å². The molecule has 2 N–H and O–H groups in total. The summed E-state index contributed by atoms with van der Waals surface area (Å²) in [6, 6.07) is 17.3. The maximum atomic E-state index is 13.8. The molecule has 2 amide bonds. The van der Waals surface area contributed by atoms with Crippen molar-refractivity contribution < 1.29 is 31.6 Å². The molecule has 3 aromatic carbocycles. The molecule has 0 saturated carbocycles. The summed E-state index contributed by atoms with van der Waals surface area (Å²) in [7, 11) is 0. The second kappa shape index (κ2) is 8.68. The number of nitrogens with one attached hydrogen (secondary N) is 2. The lowest BCUT2D eigenvalue weighted by molar-refractivity contribution is -0.136. The van der Waals surface area contributed by atoms with Crippen LogP contribution in [0.4, 0.5) is 24.5 Å². The van der Waals surface area contributed by atoms with Crippen LogP contribution in [-0.4, -0.2) is 11.8 Å². The van der Waals surface area contributed by atoms with Gasteiger partial charge in [0.15, 0.2) is 5.76 Å². The summed E-state index contributed by atoms with van der Waals surface area (Å²) in [5, 5.41) is 7.28. The number of hydrogen-bond donors (Lipinski definition) is 2. The standard InChI is InChI=1S/C26H17F3N2O4/c27-26(28,29)19-13-17(30-25(33)22-6-3-11-34-22)8-9-20(19)31-23(32)12-16-14-35-21-10-7-15-4-1-2-5-18(15)24(16)21/h1-11,13-14H,12H2,(H,30,33)(H,31,32). The molecule has 0 unspecified atom stereocenters. The summed E-state index contributed by atoms with van der Waals surface area (Å²) in [6.07, 6.45) is -2.24. The summed E-state index contributed by atoms with van der Waals surface area (Å²) in [4.78, 5) is 24.9. The Kier molecular flexibility index (Phi) is 5.52. The van der Waals surface area contributed by atoms with Gasteiger partial charge in [0.05, 0.1) is 30.2 Å². The van der Waals surface area contributed by atoms with Crippen molar-refractivity contribution in [3.05, 3.63) is 96.1 Å². The molecule has 0 bridgehead atoms. The first-order valence-corrected chi connectivity index (χ1v) is 10.5. The van der Waals surface area contributed by atoms with Crippen LogP contribution in [0.5, 0.6) is 0 Å². The van der Waals surface area contributed by atoms with E-state index in [9.17, 15) is 22.8 Å². The van der Waals surface area contributed by atoms with Gasteiger partial charge in [-0.15, -0.1) is 0 Å². The van der Waals surface area contributed by atoms with E-state index in [-0.39, 0.29) is 17.9 Å². The molecule has 9 heteroatoms. The predicted octanol–water partition coefficient (Wildman–Crippen LogP) is 6.63. The quantitative estimate of drug-likeness (QED) is 0.297. The van der Waals surface area contributed by atoms with Gasteiger partial charge in [-0.3, -0.25) is 9.59 Å². The highest BCUT2D eigenvalue weighted by Gasteiger charge is 2.34. The van der Waals surface area contributed by atoms with Crippen LogP contribution >= 0.6 is 0 Å².